The molecule has 109 valence electrons. The van der Waals surface area contributed by atoms with E-state index in [1.54, 1.807) is 13.2 Å². The largest absolute Gasteiger partial charge is 0.481 e. The van der Waals surface area contributed by atoms with Gasteiger partial charge in [-0.3, -0.25) is 0 Å². The van der Waals surface area contributed by atoms with E-state index in [9.17, 15) is 0 Å². The van der Waals surface area contributed by atoms with Gasteiger partial charge in [0.2, 0.25) is 5.88 Å². The Bertz CT molecular complexity index is 630. The summed E-state index contributed by atoms with van der Waals surface area (Å²) in [7, 11) is 1.55. The van der Waals surface area contributed by atoms with E-state index in [1.165, 1.54) is 0 Å². The third kappa shape index (κ3) is 3.32. The van der Waals surface area contributed by atoms with Gasteiger partial charge in [-0.25, -0.2) is 4.98 Å². The number of rotatable bonds is 3. The van der Waals surface area contributed by atoms with Crippen LogP contribution in [0.3, 0.4) is 0 Å². The number of morpholine rings is 1. The first-order valence-electron chi connectivity index (χ1n) is 6.69. The van der Waals surface area contributed by atoms with Crippen LogP contribution in [0.5, 0.6) is 5.88 Å². The predicted octanol–water partition coefficient (Wildman–Crippen LogP) is 2.27. The minimum atomic E-state index is 0.0354. The van der Waals surface area contributed by atoms with Gasteiger partial charge in [-0.15, -0.1) is 0 Å². The van der Waals surface area contributed by atoms with E-state index in [-0.39, 0.29) is 6.10 Å². The summed E-state index contributed by atoms with van der Waals surface area (Å²) in [5.41, 5.74) is 1.83. The van der Waals surface area contributed by atoms with Gasteiger partial charge < -0.3 is 14.8 Å². The molecule has 1 radical (unpaired) electrons. The van der Waals surface area contributed by atoms with Crippen LogP contribution in [0.25, 0.3) is 11.4 Å². The Kier molecular flexibility index (Phi) is 4.34. The summed E-state index contributed by atoms with van der Waals surface area (Å²) in [6, 6.07) is 10.5. The van der Waals surface area contributed by atoms with Crippen LogP contribution in [0.4, 0.5) is 0 Å². The maximum Gasteiger partial charge on any atom is 0.218 e. The van der Waals surface area contributed by atoms with Crippen molar-refractivity contribution >= 4 is 11.6 Å². The molecule has 5 nitrogen and oxygen atoms in total. The van der Waals surface area contributed by atoms with E-state index in [0.29, 0.717) is 23.5 Å². The van der Waals surface area contributed by atoms with Crippen molar-refractivity contribution in [3.05, 3.63) is 41.0 Å². The molecule has 3 rings (SSSR count). The SMILES string of the molecule is COc1cc(Cl)nc(-c2[c]ccc([C@@H]3CNCCO3)c2)n1. The van der Waals surface area contributed by atoms with Crippen molar-refractivity contribution in [1.29, 1.82) is 0 Å². The lowest BCUT2D eigenvalue weighted by Gasteiger charge is -2.24. The van der Waals surface area contributed by atoms with Crippen LogP contribution >= 0.6 is 11.6 Å². The zero-order valence-electron chi connectivity index (χ0n) is 11.6. The van der Waals surface area contributed by atoms with Crippen LogP contribution in [0.1, 0.15) is 11.7 Å². The maximum absolute atomic E-state index is 5.99. The molecular weight excluding hydrogens is 290 g/mol. The lowest BCUT2D eigenvalue weighted by atomic mass is 10.0. The summed E-state index contributed by atoms with van der Waals surface area (Å²) in [4.78, 5) is 8.53. The Morgan fingerprint density at radius 2 is 2.33 bits per heavy atom. The highest BCUT2D eigenvalue weighted by molar-refractivity contribution is 6.29. The summed E-state index contributed by atoms with van der Waals surface area (Å²) in [5, 5.41) is 3.65. The van der Waals surface area contributed by atoms with E-state index in [0.717, 1.165) is 24.2 Å². The minimum absolute atomic E-state index is 0.0354. The lowest BCUT2D eigenvalue weighted by molar-refractivity contribution is 0.0277. The molecule has 0 amide bonds. The van der Waals surface area contributed by atoms with Gasteiger partial charge in [0, 0.05) is 24.7 Å². The highest BCUT2D eigenvalue weighted by atomic mass is 35.5. The quantitative estimate of drug-likeness (QED) is 0.882. The van der Waals surface area contributed by atoms with E-state index < -0.39 is 0 Å². The zero-order valence-corrected chi connectivity index (χ0v) is 12.4. The van der Waals surface area contributed by atoms with Gasteiger partial charge in [0.15, 0.2) is 5.82 Å². The molecular formula is C15H15ClN3O2. The Hall–Kier alpha value is -1.69. The Morgan fingerprint density at radius 3 is 3.10 bits per heavy atom. The Labute approximate surface area is 128 Å². The molecule has 0 unspecified atom stereocenters. The van der Waals surface area contributed by atoms with Crippen molar-refractivity contribution in [3.8, 4) is 17.3 Å². The normalized spacial score (nSPS) is 18.5. The van der Waals surface area contributed by atoms with E-state index in [4.69, 9.17) is 21.1 Å². The molecule has 0 spiro atoms. The first-order valence-corrected chi connectivity index (χ1v) is 7.07. The molecule has 1 N–H and O–H groups in total. The fourth-order valence-corrected chi connectivity index (χ4v) is 2.39. The number of halogens is 1. The molecule has 1 aliphatic heterocycles. The van der Waals surface area contributed by atoms with Gasteiger partial charge in [0.05, 0.1) is 19.8 Å². The van der Waals surface area contributed by atoms with Crippen molar-refractivity contribution in [2.45, 2.75) is 6.10 Å². The summed E-state index contributed by atoms with van der Waals surface area (Å²) in [5.74, 6) is 0.921. The molecule has 1 fully saturated rings. The summed E-state index contributed by atoms with van der Waals surface area (Å²) in [6.45, 7) is 2.39. The molecule has 1 aromatic heterocycles. The van der Waals surface area contributed by atoms with Crippen molar-refractivity contribution in [2.75, 3.05) is 26.8 Å². The highest BCUT2D eigenvalue weighted by Crippen LogP contribution is 2.25. The molecule has 2 heterocycles. The number of benzene rings is 1. The molecule has 1 saturated heterocycles. The van der Waals surface area contributed by atoms with Crippen LogP contribution < -0.4 is 10.1 Å². The molecule has 6 heteroatoms. The molecule has 1 aromatic carbocycles. The number of aromatic nitrogens is 2. The molecule has 0 bridgehead atoms. The molecule has 2 aromatic rings. The second-order valence-electron chi connectivity index (χ2n) is 4.66. The standard InChI is InChI=1S/C15H15ClN3O2/c1-20-14-8-13(16)18-15(19-14)11-4-2-3-10(7-11)12-9-17-5-6-21-12/h2-3,7-8,12,17H,5-6,9H2,1H3/t12-/m0/s1. The van der Waals surface area contributed by atoms with Crippen LogP contribution in [-0.4, -0.2) is 36.8 Å². The number of nitrogens with zero attached hydrogens (tertiary/aromatic N) is 2. The molecule has 1 aliphatic rings. The minimum Gasteiger partial charge on any atom is -0.481 e. The predicted molar refractivity (Wildman–Crippen MR) is 79.4 cm³/mol. The number of hydrogen-bond donors (Lipinski definition) is 1. The van der Waals surface area contributed by atoms with Crippen molar-refractivity contribution in [1.82, 2.24) is 15.3 Å². The van der Waals surface area contributed by atoms with Crippen LogP contribution in [-0.2, 0) is 4.74 Å². The van der Waals surface area contributed by atoms with Gasteiger partial charge >= 0.3 is 0 Å². The van der Waals surface area contributed by atoms with Gasteiger partial charge in [-0.1, -0.05) is 23.7 Å². The molecule has 0 saturated carbocycles. The molecule has 0 aliphatic carbocycles. The van der Waals surface area contributed by atoms with Gasteiger partial charge in [-0.2, -0.15) is 4.98 Å². The third-order valence-corrected chi connectivity index (χ3v) is 3.44. The van der Waals surface area contributed by atoms with Crippen molar-refractivity contribution in [3.63, 3.8) is 0 Å². The second kappa shape index (κ2) is 6.39. The molecule has 1 atom stereocenters. The second-order valence-corrected chi connectivity index (χ2v) is 5.04. The first kappa shape index (κ1) is 14.3. The van der Waals surface area contributed by atoms with Crippen LogP contribution in [0.2, 0.25) is 5.15 Å². The highest BCUT2D eigenvalue weighted by Gasteiger charge is 2.16. The number of ether oxygens (including phenoxy) is 2. The fourth-order valence-electron chi connectivity index (χ4n) is 2.22. The monoisotopic (exact) mass is 304 g/mol. The number of nitrogens with one attached hydrogen (secondary N) is 1. The lowest BCUT2D eigenvalue weighted by Crippen LogP contribution is -2.33. The van der Waals surface area contributed by atoms with Crippen LogP contribution in [0, 0.1) is 6.07 Å². The van der Waals surface area contributed by atoms with Crippen molar-refractivity contribution < 1.29 is 9.47 Å². The smallest absolute Gasteiger partial charge is 0.218 e. The average molecular weight is 305 g/mol. The summed E-state index contributed by atoms with van der Waals surface area (Å²) in [6.07, 6.45) is 0.0354. The number of hydrogen-bond acceptors (Lipinski definition) is 5. The fraction of sp³-hybridized carbons (Fsp3) is 0.333. The van der Waals surface area contributed by atoms with E-state index in [2.05, 4.69) is 21.4 Å². The molecule has 21 heavy (non-hydrogen) atoms. The first-order chi connectivity index (χ1) is 10.3. The van der Waals surface area contributed by atoms with Gasteiger partial charge in [0.25, 0.3) is 0 Å². The Balaban J connectivity index is 1.93. The summed E-state index contributed by atoms with van der Waals surface area (Å²) < 4.78 is 10.9. The van der Waals surface area contributed by atoms with Gasteiger partial charge in [-0.05, 0) is 17.7 Å². The van der Waals surface area contributed by atoms with E-state index >= 15 is 0 Å². The van der Waals surface area contributed by atoms with Gasteiger partial charge in [0.1, 0.15) is 5.15 Å². The van der Waals surface area contributed by atoms with Crippen LogP contribution in [0.15, 0.2) is 24.3 Å². The topological polar surface area (TPSA) is 56.3 Å². The zero-order chi connectivity index (χ0) is 14.7. The maximum atomic E-state index is 5.99. The Morgan fingerprint density at radius 1 is 1.43 bits per heavy atom. The third-order valence-electron chi connectivity index (χ3n) is 3.25. The summed E-state index contributed by atoms with van der Waals surface area (Å²) >= 11 is 5.99. The van der Waals surface area contributed by atoms with Crippen molar-refractivity contribution in [2.24, 2.45) is 0 Å². The average Bonchev–Trinajstić information content (AvgIpc) is 2.55. The number of methoxy groups -OCH3 is 1. The van der Waals surface area contributed by atoms with E-state index in [1.807, 2.05) is 18.2 Å².